The average molecular weight is 337 g/mol. The van der Waals surface area contributed by atoms with Crippen LogP contribution in [0.15, 0.2) is 42.5 Å². The number of rotatable bonds is 7. The Bertz CT molecular complexity index is 706. The third kappa shape index (κ3) is 5.17. The molecule has 0 heterocycles. The predicted octanol–water partition coefficient (Wildman–Crippen LogP) is 3.96. The molecule has 0 aromatic heterocycles. The van der Waals surface area contributed by atoms with Gasteiger partial charge in [-0.15, -0.1) is 0 Å². The summed E-state index contributed by atoms with van der Waals surface area (Å²) >= 11 is 0. The smallest absolute Gasteiger partial charge is 0.224 e. The van der Waals surface area contributed by atoms with Crippen LogP contribution in [0.25, 0.3) is 0 Å². The topological polar surface area (TPSA) is 38.3 Å². The molecule has 3 heteroatoms. The third-order valence-corrected chi connectivity index (χ3v) is 4.76. The molecule has 0 fully saturated rings. The van der Waals surface area contributed by atoms with Gasteiger partial charge in [0.05, 0.1) is 13.0 Å². The first-order chi connectivity index (χ1) is 12.2. The number of ether oxygens (including phenoxy) is 1. The average Bonchev–Trinajstić information content (AvgIpc) is 2.65. The molecule has 1 aliphatic rings. The van der Waals surface area contributed by atoms with Crippen molar-refractivity contribution in [2.45, 2.75) is 52.2 Å². The van der Waals surface area contributed by atoms with Crippen molar-refractivity contribution in [3.8, 4) is 0 Å². The van der Waals surface area contributed by atoms with Crippen molar-refractivity contribution in [3.05, 3.63) is 70.3 Å². The maximum atomic E-state index is 12.2. The number of benzene rings is 2. The van der Waals surface area contributed by atoms with E-state index in [-0.39, 0.29) is 5.91 Å². The van der Waals surface area contributed by atoms with Gasteiger partial charge in [-0.25, -0.2) is 0 Å². The van der Waals surface area contributed by atoms with Gasteiger partial charge >= 0.3 is 0 Å². The van der Waals surface area contributed by atoms with Crippen molar-refractivity contribution < 1.29 is 9.53 Å². The van der Waals surface area contributed by atoms with E-state index in [1.807, 2.05) is 19.1 Å². The van der Waals surface area contributed by atoms with Gasteiger partial charge < -0.3 is 10.1 Å². The lowest BCUT2D eigenvalue weighted by Crippen LogP contribution is -2.24. The van der Waals surface area contributed by atoms with Gasteiger partial charge in [-0.05, 0) is 60.4 Å². The van der Waals surface area contributed by atoms with Gasteiger partial charge in [0.1, 0.15) is 0 Å². The van der Waals surface area contributed by atoms with Crippen LogP contribution in [0.5, 0.6) is 0 Å². The molecule has 3 nitrogen and oxygen atoms in total. The fourth-order valence-corrected chi connectivity index (χ4v) is 3.32. The summed E-state index contributed by atoms with van der Waals surface area (Å²) in [5.41, 5.74) is 6.28. The summed E-state index contributed by atoms with van der Waals surface area (Å²) in [5, 5.41) is 3.02. The van der Waals surface area contributed by atoms with Gasteiger partial charge in [-0.2, -0.15) is 0 Å². The zero-order valence-corrected chi connectivity index (χ0v) is 15.0. The summed E-state index contributed by atoms with van der Waals surface area (Å²) in [4.78, 5) is 12.2. The molecular weight excluding hydrogens is 310 g/mol. The molecule has 25 heavy (non-hydrogen) atoms. The van der Waals surface area contributed by atoms with Crippen LogP contribution in [-0.2, 0) is 41.9 Å². The van der Waals surface area contributed by atoms with E-state index in [9.17, 15) is 4.79 Å². The fraction of sp³-hybridized carbons (Fsp3) is 0.409. The molecule has 1 aliphatic carbocycles. The number of carbonyl (C=O) groups excluding carboxylic acids is 1. The Hall–Kier alpha value is -2.13. The molecule has 0 saturated carbocycles. The highest BCUT2D eigenvalue weighted by Gasteiger charge is 2.11. The second-order valence-corrected chi connectivity index (χ2v) is 6.72. The molecule has 0 saturated heterocycles. The third-order valence-electron chi connectivity index (χ3n) is 4.76. The molecule has 0 unspecified atom stereocenters. The molecule has 0 spiro atoms. The number of aryl methyl sites for hydroxylation is 2. The molecule has 0 radical (unpaired) electrons. The quantitative estimate of drug-likeness (QED) is 0.830. The fourth-order valence-electron chi connectivity index (χ4n) is 3.32. The minimum Gasteiger partial charge on any atom is -0.377 e. The zero-order chi connectivity index (χ0) is 17.5. The van der Waals surface area contributed by atoms with Gasteiger partial charge in [0.25, 0.3) is 0 Å². The minimum absolute atomic E-state index is 0.0779. The first-order valence-corrected chi connectivity index (χ1v) is 9.27. The number of nitrogens with one attached hydrogen (secondary N) is 1. The molecule has 2 aromatic rings. The molecule has 0 bridgehead atoms. The number of amides is 1. The van der Waals surface area contributed by atoms with Crippen molar-refractivity contribution >= 4 is 5.91 Å². The Morgan fingerprint density at radius 3 is 2.40 bits per heavy atom. The van der Waals surface area contributed by atoms with Crippen LogP contribution in [-0.4, -0.2) is 12.5 Å². The van der Waals surface area contributed by atoms with E-state index in [2.05, 4.69) is 35.6 Å². The number of hydrogen-bond acceptors (Lipinski definition) is 2. The Kier molecular flexibility index (Phi) is 6.24. The van der Waals surface area contributed by atoms with E-state index in [4.69, 9.17) is 4.74 Å². The molecule has 0 atom stereocenters. The highest BCUT2D eigenvalue weighted by molar-refractivity contribution is 5.78. The summed E-state index contributed by atoms with van der Waals surface area (Å²) in [6.45, 7) is 3.92. The number of hydrogen-bond donors (Lipinski definition) is 1. The molecule has 3 rings (SSSR count). The monoisotopic (exact) mass is 337 g/mol. The molecule has 0 aliphatic heterocycles. The first-order valence-electron chi connectivity index (χ1n) is 9.27. The van der Waals surface area contributed by atoms with Crippen LogP contribution < -0.4 is 5.32 Å². The summed E-state index contributed by atoms with van der Waals surface area (Å²) in [6.07, 6.45) is 5.34. The standard InChI is InChI=1S/C22H27NO2/c1-2-25-16-18-9-7-17(8-10-18)15-23-22(24)14-19-11-12-20-5-3-4-6-21(20)13-19/h7-13H,2-6,14-16H2,1H3,(H,23,24). The second-order valence-electron chi connectivity index (χ2n) is 6.72. The highest BCUT2D eigenvalue weighted by Crippen LogP contribution is 2.22. The van der Waals surface area contributed by atoms with E-state index in [0.717, 1.165) is 29.7 Å². The summed E-state index contributed by atoms with van der Waals surface area (Å²) < 4.78 is 5.39. The molecular formula is C22H27NO2. The molecule has 2 aromatic carbocycles. The van der Waals surface area contributed by atoms with E-state index in [1.165, 1.54) is 30.4 Å². The van der Waals surface area contributed by atoms with Crippen LogP contribution in [0.3, 0.4) is 0 Å². The maximum absolute atomic E-state index is 12.2. The number of fused-ring (bicyclic) bond motifs is 1. The van der Waals surface area contributed by atoms with Crippen molar-refractivity contribution in [3.63, 3.8) is 0 Å². The van der Waals surface area contributed by atoms with Crippen LogP contribution in [0, 0.1) is 0 Å². The normalized spacial score (nSPS) is 13.3. The van der Waals surface area contributed by atoms with Crippen molar-refractivity contribution in [2.24, 2.45) is 0 Å². The van der Waals surface area contributed by atoms with Gasteiger partial charge in [0, 0.05) is 13.2 Å². The Morgan fingerprint density at radius 2 is 1.64 bits per heavy atom. The van der Waals surface area contributed by atoms with E-state index < -0.39 is 0 Å². The van der Waals surface area contributed by atoms with Gasteiger partial charge in [0.2, 0.25) is 5.91 Å². The Balaban J connectivity index is 1.49. The SMILES string of the molecule is CCOCc1ccc(CNC(=O)Cc2ccc3c(c2)CCCC3)cc1. The lowest BCUT2D eigenvalue weighted by atomic mass is 9.90. The van der Waals surface area contributed by atoms with Crippen molar-refractivity contribution in [1.29, 1.82) is 0 Å². The van der Waals surface area contributed by atoms with Crippen molar-refractivity contribution in [2.75, 3.05) is 6.61 Å². The summed E-state index contributed by atoms with van der Waals surface area (Å²) in [6, 6.07) is 14.7. The largest absolute Gasteiger partial charge is 0.377 e. The minimum atomic E-state index is 0.0779. The Labute approximate surface area is 150 Å². The summed E-state index contributed by atoms with van der Waals surface area (Å²) in [5.74, 6) is 0.0779. The van der Waals surface area contributed by atoms with Gasteiger partial charge in [0.15, 0.2) is 0 Å². The lowest BCUT2D eigenvalue weighted by molar-refractivity contribution is -0.120. The van der Waals surface area contributed by atoms with Crippen LogP contribution in [0.2, 0.25) is 0 Å². The van der Waals surface area contributed by atoms with Crippen molar-refractivity contribution in [1.82, 2.24) is 5.32 Å². The van der Waals surface area contributed by atoms with Crippen LogP contribution in [0.1, 0.15) is 47.6 Å². The van der Waals surface area contributed by atoms with Crippen LogP contribution in [0.4, 0.5) is 0 Å². The number of carbonyl (C=O) groups is 1. The van der Waals surface area contributed by atoms with E-state index in [1.54, 1.807) is 0 Å². The zero-order valence-electron chi connectivity index (χ0n) is 15.0. The van der Waals surface area contributed by atoms with Gasteiger partial charge in [-0.3, -0.25) is 4.79 Å². The summed E-state index contributed by atoms with van der Waals surface area (Å²) in [7, 11) is 0. The second kappa shape index (κ2) is 8.82. The molecule has 1 N–H and O–H groups in total. The predicted molar refractivity (Wildman–Crippen MR) is 100 cm³/mol. The lowest BCUT2D eigenvalue weighted by Gasteiger charge is -2.16. The first kappa shape index (κ1) is 17.7. The van der Waals surface area contributed by atoms with Crippen LogP contribution >= 0.6 is 0 Å². The maximum Gasteiger partial charge on any atom is 0.224 e. The van der Waals surface area contributed by atoms with E-state index in [0.29, 0.717) is 19.6 Å². The van der Waals surface area contributed by atoms with Gasteiger partial charge in [-0.1, -0.05) is 42.5 Å². The molecule has 1 amide bonds. The Morgan fingerprint density at radius 1 is 0.960 bits per heavy atom. The highest BCUT2D eigenvalue weighted by atomic mass is 16.5. The molecule has 132 valence electrons. The van der Waals surface area contributed by atoms with E-state index >= 15 is 0 Å².